The summed E-state index contributed by atoms with van der Waals surface area (Å²) in [5, 5.41) is 13.8. The van der Waals surface area contributed by atoms with Crippen LogP contribution in [0, 0.1) is 5.92 Å². The molecule has 1 aromatic heterocycles. The van der Waals surface area contributed by atoms with Crippen molar-refractivity contribution in [3.05, 3.63) is 18.3 Å². The van der Waals surface area contributed by atoms with Gasteiger partial charge in [0, 0.05) is 18.3 Å². The van der Waals surface area contributed by atoms with Crippen molar-refractivity contribution in [3.63, 3.8) is 0 Å². The van der Waals surface area contributed by atoms with E-state index in [1.807, 2.05) is 0 Å². The molecule has 3 heterocycles. The molecule has 0 radical (unpaired) electrons. The largest absolute Gasteiger partial charge is 0.310 e. The minimum Gasteiger partial charge on any atom is -0.310 e. The molecular formula is C11H14N4O. The number of anilines is 1. The third kappa shape index (κ3) is 1.67. The second kappa shape index (κ2) is 3.83. The van der Waals surface area contributed by atoms with Gasteiger partial charge in [0.05, 0.1) is 5.92 Å². The number of amides is 1. The Labute approximate surface area is 93.6 Å². The lowest BCUT2D eigenvalue weighted by Gasteiger charge is -2.18. The summed E-state index contributed by atoms with van der Waals surface area (Å²) in [6.45, 7) is 0. The van der Waals surface area contributed by atoms with Crippen LogP contribution in [0.3, 0.4) is 0 Å². The Bertz CT molecular complexity index is 394. The molecule has 2 bridgehead atoms. The zero-order valence-electron chi connectivity index (χ0n) is 8.89. The van der Waals surface area contributed by atoms with Crippen LogP contribution in [0.25, 0.3) is 0 Å². The number of carbonyl (C=O) groups excluding carboxylic acids is 1. The van der Waals surface area contributed by atoms with Crippen LogP contribution in [0.2, 0.25) is 0 Å². The van der Waals surface area contributed by atoms with E-state index in [1.165, 1.54) is 6.42 Å². The fourth-order valence-corrected chi connectivity index (χ4v) is 2.70. The Morgan fingerprint density at radius 2 is 2.44 bits per heavy atom. The summed E-state index contributed by atoms with van der Waals surface area (Å²) >= 11 is 0. The highest BCUT2D eigenvalue weighted by Gasteiger charge is 2.42. The topological polar surface area (TPSA) is 66.9 Å². The SMILES string of the molecule is O=C(Nc1cccnn1)C1CC2CCC1N2. The van der Waals surface area contributed by atoms with Crippen LogP contribution in [0.5, 0.6) is 0 Å². The molecule has 3 rings (SSSR count). The van der Waals surface area contributed by atoms with Gasteiger partial charge < -0.3 is 10.6 Å². The summed E-state index contributed by atoms with van der Waals surface area (Å²) in [6.07, 6.45) is 4.87. The molecule has 16 heavy (non-hydrogen) atoms. The Balaban J connectivity index is 1.66. The first-order valence-corrected chi connectivity index (χ1v) is 5.67. The van der Waals surface area contributed by atoms with Crippen molar-refractivity contribution in [1.82, 2.24) is 15.5 Å². The van der Waals surface area contributed by atoms with Crippen molar-refractivity contribution in [2.45, 2.75) is 31.3 Å². The standard InChI is InChI=1S/C11H14N4O/c16-11(14-10-2-1-5-12-15-10)8-6-7-3-4-9(8)13-7/h1-2,5,7-9,13H,3-4,6H2,(H,14,15,16). The number of nitrogens with zero attached hydrogens (tertiary/aromatic N) is 2. The first-order valence-electron chi connectivity index (χ1n) is 5.67. The number of fused-ring (bicyclic) bond motifs is 2. The van der Waals surface area contributed by atoms with Crippen molar-refractivity contribution >= 4 is 11.7 Å². The highest BCUT2D eigenvalue weighted by atomic mass is 16.2. The van der Waals surface area contributed by atoms with Crippen LogP contribution in [0.15, 0.2) is 18.3 Å². The molecule has 2 fully saturated rings. The van der Waals surface area contributed by atoms with E-state index in [9.17, 15) is 4.79 Å². The predicted octanol–water partition coefficient (Wildman–Crippen LogP) is 0.556. The van der Waals surface area contributed by atoms with Gasteiger partial charge in [-0.3, -0.25) is 4.79 Å². The van der Waals surface area contributed by atoms with Gasteiger partial charge in [0.15, 0.2) is 5.82 Å². The normalized spacial score (nSPS) is 31.6. The van der Waals surface area contributed by atoms with Gasteiger partial charge in [-0.25, -0.2) is 0 Å². The van der Waals surface area contributed by atoms with Gasteiger partial charge in [-0.2, -0.15) is 5.10 Å². The average molecular weight is 218 g/mol. The van der Waals surface area contributed by atoms with Gasteiger partial charge in [0.25, 0.3) is 0 Å². The molecule has 3 unspecified atom stereocenters. The third-order valence-electron chi connectivity index (χ3n) is 3.46. The predicted molar refractivity (Wildman–Crippen MR) is 58.7 cm³/mol. The van der Waals surface area contributed by atoms with Gasteiger partial charge in [-0.15, -0.1) is 5.10 Å². The first-order chi connectivity index (χ1) is 7.83. The van der Waals surface area contributed by atoms with E-state index in [2.05, 4.69) is 20.8 Å². The van der Waals surface area contributed by atoms with E-state index in [-0.39, 0.29) is 11.8 Å². The Morgan fingerprint density at radius 1 is 1.50 bits per heavy atom. The molecule has 0 aliphatic carbocycles. The molecule has 2 aliphatic rings. The lowest BCUT2D eigenvalue weighted by molar-refractivity contribution is -0.120. The van der Waals surface area contributed by atoms with Crippen molar-refractivity contribution in [2.24, 2.45) is 5.92 Å². The van der Waals surface area contributed by atoms with Crippen molar-refractivity contribution in [2.75, 3.05) is 5.32 Å². The van der Waals surface area contributed by atoms with Crippen LogP contribution >= 0.6 is 0 Å². The molecular weight excluding hydrogens is 204 g/mol. The molecule has 1 amide bonds. The summed E-state index contributed by atoms with van der Waals surface area (Å²) in [5.41, 5.74) is 0. The number of hydrogen-bond acceptors (Lipinski definition) is 4. The summed E-state index contributed by atoms with van der Waals surface area (Å²) < 4.78 is 0. The minimum atomic E-state index is 0.0696. The van der Waals surface area contributed by atoms with Gasteiger partial charge in [-0.05, 0) is 31.4 Å². The van der Waals surface area contributed by atoms with E-state index < -0.39 is 0 Å². The fraction of sp³-hybridized carbons (Fsp3) is 0.545. The molecule has 1 aromatic rings. The quantitative estimate of drug-likeness (QED) is 0.761. The van der Waals surface area contributed by atoms with Crippen LogP contribution in [-0.2, 0) is 4.79 Å². The molecule has 0 aromatic carbocycles. The summed E-state index contributed by atoms with van der Waals surface area (Å²) in [7, 11) is 0. The van der Waals surface area contributed by atoms with Crippen molar-refractivity contribution < 1.29 is 4.79 Å². The summed E-state index contributed by atoms with van der Waals surface area (Å²) in [5.74, 6) is 0.705. The van der Waals surface area contributed by atoms with Gasteiger partial charge >= 0.3 is 0 Å². The second-order valence-corrected chi connectivity index (χ2v) is 4.49. The molecule has 84 valence electrons. The fourth-order valence-electron chi connectivity index (χ4n) is 2.70. The maximum atomic E-state index is 12.0. The van der Waals surface area contributed by atoms with Gasteiger partial charge in [0.1, 0.15) is 0 Å². The van der Waals surface area contributed by atoms with Crippen LogP contribution in [0.1, 0.15) is 19.3 Å². The maximum absolute atomic E-state index is 12.0. The Morgan fingerprint density at radius 3 is 3.06 bits per heavy atom. The maximum Gasteiger partial charge on any atom is 0.230 e. The van der Waals surface area contributed by atoms with E-state index in [0.29, 0.717) is 17.9 Å². The molecule has 2 N–H and O–H groups in total. The lowest BCUT2D eigenvalue weighted by Crippen LogP contribution is -2.33. The number of carbonyl (C=O) groups is 1. The molecule has 3 atom stereocenters. The molecule has 2 saturated heterocycles. The van der Waals surface area contributed by atoms with Crippen molar-refractivity contribution in [1.29, 1.82) is 0 Å². The highest BCUT2D eigenvalue weighted by Crippen LogP contribution is 2.33. The van der Waals surface area contributed by atoms with E-state index >= 15 is 0 Å². The van der Waals surface area contributed by atoms with Crippen LogP contribution in [0.4, 0.5) is 5.82 Å². The average Bonchev–Trinajstić information content (AvgIpc) is 2.92. The Kier molecular flexibility index (Phi) is 2.32. The van der Waals surface area contributed by atoms with E-state index in [0.717, 1.165) is 12.8 Å². The number of nitrogens with one attached hydrogen (secondary N) is 2. The first kappa shape index (κ1) is 9.72. The molecule has 0 spiro atoms. The zero-order valence-corrected chi connectivity index (χ0v) is 8.89. The molecule has 2 aliphatic heterocycles. The number of aromatic nitrogens is 2. The molecule has 0 saturated carbocycles. The molecule has 5 nitrogen and oxygen atoms in total. The number of hydrogen-bond donors (Lipinski definition) is 2. The van der Waals surface area contributed by atoms with E-state index in [1.54, 1.807) is 18.3 Å². The minimum absolute atomic E-state index is 0.0696. The van der Waals surface area contributed by atoms with Gasteiger partial charge in [-0.1, -0.05) is 0 Å². The smallest absolute Gasteiger partial charge is 0.230 e. The van der Waals surface area contributed by atoms with Crippen molar-refractivity contribution in [3.8, 4) is 0 Å². The lowest BCUT2D eigenvalue weighted by atomic mass is 9.88. The van der Waals surface area contributed by atoms with Crippen LogP contribution < -0.4 is 10.6 Å². The molecule has 5 heteroatoms. The summed E-state index contributed by atoms with van der Waals surface area (Å²) in [6, 6.07) is 4.43. The van der Waals surface area contributed by atoms with Gasteiger partial charge in [0.2, 0.25) is 5.91 Å². The number of rotatable bonds is 2. The van der Waals surface area contributed by atoms with Crippen LogP contribution in [-0.4, -0.2) is 28.2 Å². The highest BCUT2D eigenvalue weighted by molar-refractivity contribution is 5.92. The monoisotopic (exact) mass is 218 g/mol. The Hall–Kier alpha value is -1.49. The second-order valence-electron chi connectivity index (χ2n) is 4.49. The summed E-state index contributed by atoms with van der Waals surface area (Å²) in [4.78, 5) is 12.0. The van der Waals surface area contributed by atoms with E-state index in [4.69, 9.17) is 0 Å². The third-order valence-corrected chi connectivity index (χ3v) is 3.46. The zero-order chi connectivity index (χ0) is 11.0.